The van der Waals surface area contributed by atoms with Crippen molar-refractivity contribution in [2.45, 2.75) is 25.6 Å². The number of likely N-dealkylation sites (tertiary alicyclic amines) is 1. The first kappa shape index (κ1) is 15.0. The Morgan fingerprint density at radius 2 is 1.96 bits per heavy atom. The van der Waals surface area contributed by atoms with Crippen LogP contribution in [0.25, 0.3) is 10.9 Å². The van der Waals surface area contributed by atoms with Gasteiger partial charge in [-0.1, -0.05) is 11.6 Å². The molecule has 6 heteroatoms. The third-order valence-corrected chi connectivity index (χ3v) is 5.02. The fraction of sp³-hybridized carbons (Fsp3) is 0.471. The quantitative estimate of drug-likeness (QED) is 0.871. The van der Waals surface area contributed by atoms with E-state index in [9.17, 15) is 4.79 Å². The molecule has 122 valence electrons. The highest BCUT2D eigenvalue weighted by atomic mass is 35.5. The summed E-state index contributed by atoms with van der Waals surface area (Å²) in [6, 6.07) is 5.59. The standard InChI is InChI=1S/C17H19ClN2O3/c1-11-15(13-10-12(18)2-3-14(13)19-11)16(21)20-6-4-17(5-7-20)22-8-9-23-17/h2-3,10,19H,4-9H2,1H3. The highest BCUT2D eigenvalue weighted by Gasteiger charge is 2.41. The molecular formula is C17H19ClN2O3. The van der Waals surface area contributed by atoms with E-state index in [1.807, 2.05) is 30.0 Å². The molecular weight excluding hydrogens is 316 g/mol. The summed E-state index contributed by atoms with van der Waals surface area (Å²) in [6.45, 7) is 4.51. The minimum Gasteiger partial charge on any atom is -0.358 e. The van der Waals surface area contributed by atoms with Gasteiger partial charge < -0.3 is 19.4 Å². The highest BCUT2D eigenvalue weighted by molar-refractivity contribution is 6.31. The predicted molar refractivity (Wildman–Crippen MR) is 87.8 cm³/mol. The van der Waals surface area contributed by atoms with E-state index in [4.69, 9.17) is 21.1 Å². The van der Waals surface area contributed by atoms with Gasteiger partial charge in [-0.05, 0) is 25.1 Å². The molecule has 0 saturated carbocycles. The van der Waals surface area contributed by atoms with E-state index in [0.717, 1.165) is 29.4 Å². The molecule has 2 fully saturated rings. The largest absolute Gasteiger partial charge is 0.358 e. The Morgan fingerprint density at radius 3 is 2.65 bits per heavy atom. The topological polar surface area (TPSA) is 54.6 Å². The monoisotopic (exact) mass is 334 g/mol. The van der Waals surface area contributed by atoms with Crippen molar-refractivity contribution in [3.05, 3.63) is 34.5 Å². The first-order valence-electron chi connectivity index (χ1n) is 7.93. The number of hydrogen-bond donors (Lipinski definition) is 1. The fourth-order valence-electron chi connectivity index (χ4n) is 3.57. The van der Waals surface area contributed by atoms with Gasteiger partial charge in [0.2, 0.25) is 0 Å². The summed E-state index contributed by atoms with van der Waals surface area (Å²) in [5.74, 6) is -0.418. The number of nitrogens with one attached hydrogen (secondary N) is 1. The van der Waals surface area contributed by atoms with Crippen molar-refractivity contribution in [1.82, 2.24) is 9.88 Å². The molecule has 0 unspecified atom stereocenters. The van der Waals surface area contributed by atoms with Crippen molar-refractivity contribution < 1.29 is 14.3 Å². The minimum absolute atomic E-state index is 0.0452. The first-order chi connectivity index (χ1) is 11.1. The first-order valence-corrected chi connectivity index (χ1v) is 8.31. The zero-order chi connectivity index (χ0) is 16.0. The lowest BCUT2D eigenvalue weighted by Crippen LogP contribution is -2.47. The van der Waals surface area contributed by atoms with E-state index >= 15 is 0 Å². The van der Waals surface area contributed by atoms with E-state index in [0.29, 0.717) is 36.9 Å². The number of rotatable bonds is 1. The van der Waals surface area contributed by atoms with Crippen LogP contribution in [0.3, 0.4) is 0 Å². The Kier molecular flexibility index (Phi) is 3.59. The smallest absolute Gasteiger partial charge is 0.256 e. The number of amides is 1. The zero-order valence-electron chi connectivity index (χ0n) is 13.0. The van der Waals surface area contributed by atoms with Crippen molar-refractivity contribution in [3.8, 4) is 0 Å². The van der Waals surface area contributed by atoms with Crippen LogP contribution in [0.15, 0.2) is 18.2 Å². The molecule has 2 aliphatic heterocycles. The molecule has 5 nitrogen and oxygen atoms in total. The number of benzene rings is 1. The zero-order valence-corrected chi connectivity index (χ0v) is 13.8. The van der Waals surface area contributed by atoms with Gasteiger partial charge in [0.25, 0.3) is 5.91 Å². The van der Waals surface area contributed by atoms with Crippen LogP contribution in [0, 0.1) is 6.92 Å². The lowest BCUT2D eigenvalue weighted by molar-refractivity contribution is -0.181. The number of H-pyrrole nitrogens is 1. The number of nitrogens with zero attached hydrogens (tertiary/aromatic N) is 1. The molecule has 1 aromatic heterocycles. The van der Waals surface area contributed by atoms with E-state index < -0.39 is 5.79 Å². The van der Waals surface area contributed by atoms with Crippen LogP contribution in [-0.2, 0) is 9.47 Å². The van der Waals surface area contributed by atoms with Gasteiger partial charge in [-0.3, -0.25) is 4.79 Å². The third kappa shape index (κ3) is 2.53. The Bertz CT molecular complexity index is 755. The Morgan fingerprint density at radius 1 is 1.26 bits per heavy atom. The van der Waals surface area contributed by atoms with Gasteiger partial charge >= 0.3 is 0 Å². The van der Waals surface area contributed by atoms with E-state index in [2.05, 4.69) is 4.98 Å². The molecule has 0 aliphatic carbocycles. The minimum atomic E-state index is -0.463. The van der Waals surface area contributed by atoms with Crippen LogP contribution in [0.1, 0.15) is 28.9 Å². The third-order valence-electron chi connectivity index (χ3n) is 4.79. The molecule has 1 aromatic carbocycles. The summed E-state index contributed by atoms with van der Waals surface area (Å²) >= 11 is 6.10. The van der Waals surface area contributed by atoms with Gasteiger partial charge in [-0.15, -0.1) is 0 Å². The fourth-order valence-corrected chi connectivity index (χ4v) is 3.74. The number of carbonyl (C=O) groups is 1. The number of halogens is 1. The Hall–Kier alpha value is -1.56. The molecule has 2 aliphatic rings. The van der Waals surface area contributed by atoms with Crippen molar-refractivity contribution in [3.63, 3.8) is 0 Å². The maximum absolute atomic E-state index is 13.0. The average Bonchev–Trinajstić information content (AvgIpc) is 3.11. The second kappa shape index (κ2) is 5.51. The number of carbonyl (C=O) groups excluding carboxylic acids is 1. The Balaban J connectivity index is 1.60. The summed E-state index contributed by atoms with van der Waals surface area (Å²) < 4.78 is 11.5. The van der Waals surface area contributed by atoms with Gasteiger partial charge in [0.1, 0.15) is 0 Å². The van der Waals surface area contributed by atoms with Gasteiger partial charge in [-0.2, -0.15) is 0 Å². The molecule has 0 radical (unpaired) electrons. The summed E-state index contributed by atoms with van der Waals surface area (Å²) in [6.07, 6.45) is 1.45. The highest BCUT2D eigenvalue weighted by Crippen LogP contribution is 2.33. The van der Waals surface area contributed by atoms with E-state index in [1.54, 1.807) is 0 Å². The van der Waals surface area contributed by atoms with E-state index in [-0.39, 0.29) is 5.91 Å². The summed E-state index contributed by atoms with van der Waals surface area (Å²) in [7, 11) is 0. The van der Waals surface area contributed by atoms with Crippen LogP contribution >= 0.6 is 11.6 Å². The molecule has 3 heterocycles. The SMILES string of the molecule is Cc1[nH]c2ccc(Cl)cc2c1C(=O)N1CCC2(CC1)OCCO2. The summed E-state index contributed by atoms with van der Waals surface area (Å²) in [4.78, 5) is 18.1. The van der Waals surface area contributed by atoms with Gasteiger partial charge in [0.15, 0.2) is 5.79 Å². The second-order valence-electron chi connectivity index (χ2n) is 6.21. The molecule has 1 N–H and O–H groups in total. The molecule has 1 spiro atoms. The number of aryl methyl sites for hydroxylation is 1. The van der Waals surface area contributed by atoms with Crippen molar-refractivity contribution in [1.29, 1.82) is 0 Å². The van der Waals surface area contributed by atoms with Crippen molar-refractivity contribution >= 4 is 28.4 Å². The van der Waals surface area contributed by atoms with Crippen LogP contribution in [0.4, 0.5) is 0 Å². The van der Waals surface area contributed by atoms with Crippen LogP contribution in [-0.4, -0.2) is 47.9 Å². The molecule has 4 rings (SSSR count). The molecule has 23 heavy (non-hydrogen) atoms. The average molecular weight is 335 g/mol. The maximum Gasteiger partial charge on any atom is 0.256 e. The lowest BCUT2D eigenvalue weighted by atomic mass is 10.0. The maximum atomic E-state index is 13.0. The van der Waals surface area contributed by atoms with Gasteiger partial charge in [0.05, 0.1) is 18.8 Å². The van der Waals surface area contributed by atoms with Gasteiger partial charge in [-0.25, -0.2) is 0 Å². The molecule has 0 bridgehead atoms. The normalized spacial score (nSPS) is 20.5. The number of ether oxygens (including phenoxy) is 2. The van der Waals surface area contributed by atoms with E-state index in [1.165, 1.54) is 0 Å². The number of fused-ring (bicyclic) bond motifs is 1. The molecule has 0 atom stereocenters. The van der Waals surface area contributed by atoms with Crippen molar-refractivity contribution in [2.24, 2.45) is 0 Å². The summed E-state index contributed by atoms with van der Waals surface area (Å²) in [5, 5.41) is 1.52. The molecule has 2 saturated heterocycles. The van der Waals surface area contributed by atoms with Crippen LogP contribution in [0.2, 0.25) is 5.02 Å². The number of piperidine rings is 1. The predicted octanol–water partition coefficient (Wildman–Crippen LogP) is 3.11. The lowest BCUT2D eigenvalue weighted by Gasteiger charge is -2.37. The Labute approximate surface area is 139 Å². The number of aromatic amines is 1. The van der Waals surface area contributed by atoms with Crippen molar-refractivity contribution in [2.75, 3.05) is 26.3 Å². The number of hydrogen-bond acceptors (Lipinski definition) is 3. The van der Waals surface area contributed by atoms with Gasteiger partial charge in [0, 0.05) is 47.6 Å². The number of aromatic nitrogens is 1. The molecule has 2 aromatic rings. The summed E-state index contributed by atoms with van der Waals surface area (Å²) in [5.41, 5.74) is 2.53. The second-order valence-corrected chi connectivity index (χ2v) is 6.65. The van der Waals surface area contributed by atoms with Crippen LogP contribution in [0.5, 0.6) is 0 Å². The van der Waals surface area contributed by atoms with Crippen LogP contribution < -0.4 is 0 Å². The molecule has 1 amide bonds.